The van der Waals surface area contributed by atoms with Crippen LogP contribution < -0.4 is 16.4 Å². The largest absolute Gasteiger partial charge is 0.368 e. The first-order chi connectivity index (χ1) is 12.9. The molecule has 1 atom stereocenters. The number of hydrogen-bond acceptors (Lipinski definition) is 3. The standard InChI is InChI=1S/C20H32N4O3/c21-18(26)16-3-1-2-6-24(16)17(25)4-5-22-19(27)23-20-10-13-7-14(11-20)9-15(8-13)12-20/h13-16H,1-12H2,(H2,21,26)(H2,22,23,27). The lowest BCUT2D eigenvalue weighted by molar-refractivity contribution is -0.140. The third-order valence-corrected chi connectivity index (χ3v) is 7.19. The lowest BCUT2D eigenvalue weighted by Crippen LogP contribution is -2.61. The van der Waals surface area contributed by atoms with Gasteiger partial charge in [-0.3, -0.25) is 9.59 Å². The second-order valence-corrected chi connectivity index (χ2v) is 9.33. The van der Waals surface area contributed by atoms with Crippen molar-refractivity contribution in [2.75, 3.05) is 13.1 Å². The number of carbonyl (C=O) groups excluding carboxylic acids is 3. The van der Waals surface area contributed by atoms with E-state index < -0.39 is 11.9 Å². The average Bonchev–Trinajstić information content (AvgIpc) is 2.59. The molecule has 7 nitrogen and oxygen atoms in total. The monoisotopic (exact) mass is 376 g/mol. The van der Waals surface area contributed by atoms with Crippen LogP contribution in [0.4, 0.5) is 4.79 Å². The van der Waals surface area contributed by atoms with Crippen molar-refractivity contribution in [1.82, 2.24) is 15.5 Å². The summed E-state index contributed by atoms with van der Waals surface area (Å²) in [5.41, 5.74) is 5.40. The van der Waals surface area contributed by atoms with Crippen LogP contribution in [0.1, 0.15) is 64.2 Å². The Hall–Kier alpha value is -1.79. The number of urea groups is 1. The molecule has 4 bridgehead atoms. The van der Waals surface area contributed by atoms with Crippen molar-refractivity contribution in [2.45, 2.75) is 75.8 Å². The zero-order valence-electron chi connectivity index (χ0n) is 16.0. The number of nitrogens with zero attached hydrogens (tertiary/aromatic N) is 1. The van der Waals surface area contributed by atoms with Crippen molar-refractivity contribution in [3.8, 4) is 0 Å². The molecule has 1 aliphatic heterocycles. The quantitative estimate of drug-likeness (QED) is 0.677. The summed E-state index contributed by atoms with van der Waals surface area (Å²) >= 11 is 0. The first-order valence-corrected chi connectivity index (χ1v) is 10.6. The highest BCUT2D eigenvalue weighted by atomic mass is 16.2. The molecule has 27 heavy (non-hydrogen) atoms. The molecule has 4 amide bonds. The maximum Gasteiger partial charge on any atom is 0.315 e. The number of hydrogen-bond donors (Lipinski definition) is 3. The number of carbonyl (C=O) groups is 3. The highest BCUT2D eigenvalue weighted by Gasteiger charge is 2.51. The molecule has 0 aromatic rings. The number of primary amides is 1. The molecule has 4 N–H and O–H groups in total. The van der Waals surface area contributed by atoms with E-state index in [0.717, 1.165) is 49.9 Å². The molecule has 4 aliphatic carbocycles. The van der Waals surface area contributed by atoms with Gasteiger partial charge in [0.1, 0.15) is 6.04 Å². The van der Waals surface area contributed by atoms with Gasteiger partial charge < -0.3 is 21.3 Å². The van der Waals surface area contributed by atoms with E-state index in [4.69, 9.17) is 5.73 Å². The van der Waals surface area contributed by atoms with Gasteiger partial charge >= 0.3 is 6.03 Å². The molecule has 1 unspecified atom stereocenters. The molecule has 5 fully saturated rings. The Morgan fingerprint density at radius 1 is 1.00 bits per heavy atom. The minimum Gasteiger partial charge on any atom is -0.368 e. The summed E-state index contributed by atoms with van der Waals surface area (Å²) in [7, 11) is 0. The summed E-state index contributed by atoms with van der Waals surface area (Å²) in [6.07, 6.45) is 10.0. The van der Waals surface area contributed by atoms with Crippen LogP contribution in [-0.4, -0.2) is 47.4 Å². The van der Waals surface area contributed by atoms with Gasteiger partial charge in [0.2, 0.25) is 11.8 Å². The summed E-state index contributed by atoms with van der Waals surface area (Å²) in [5, 5.41) is 6.11. The number of piperidine rings is 1. The Kier molecular flexibility index (Phi) is 5.03. The molecule has 1 heterocycles. The van der Waals surface area contributed by atoms with E-state index in [0.29, 0.717) is 19.5 Å². The highest BCUT2D eigenvalue weighted by Crippen LogP contribution is 2.55. The number of rotatable bonds is 5. The Morgan fingerprint density at radius 2 is 1.63 bits per heavy atom. The van der Waals surface area contributed by atoms with Gasteiger partial charge in [-0.2, -0.15) is 0 Å². The van der Waals surface area contributed by atoms with Gasteiger partial charge in [0, 0.05) is 25.0 Å². The molecule has 7 heteroatoms. The fourth-order valence-electron chi connectivity index (χ4n) is 6.50. The van der Waals surface area contributed by atoms with Crippen LogP contribution in [0.15, 0.2) is 0 Å². The van der Waals surface area contributed by atoms with E-state index in [-0.39, 0.29) is 23.9 Å². The van der Waals surface area contributed by atoms with Crippen LogP contribution in [0.2, 0.25) is 0 Å². The maximum absolute atomic E-state index is 12.5. The third-order valence-electron chi connectivity index (χ3n) is 7.19. The van der Waals surface area contributed by atoms with Gasteiger partial charge in [-0.15, -0.1) is 0 Å². The second kappa shape index (κ2) is 7.32. The van der Waals surface area contributed by atoms with Gasteiger partial charge in [0.05, 0.1) is 0 Å². The maximum atomic E-state index is 12.5. The Bertz CT molecular complexity index is 585. The number of amides is 4. The summed E-state index contributed by atoms with van der Waals surface area (Å²) in [6, 6.07) is -0.651. The van der Waals surface area contributed by atoms with E-state index in [1.165, 1.54) is 19.3 Å². The Balaban J connectivity index is 1.24. The van der Waals surface area contributed by atoms with Gasteiger partial charge in [0.25, 0.3) is 0 Å². The van der Waals surface area contributed by atoms with Crippen LogP contribution in [0.5, 0.6) is 0 Å². The van der Waals surface area contributed by atoms with Gasteiger partial charge in [-0.05, 0) is 75.5 Å². The predicted molar refractivity (Wildman–Crippen MR) is 101 cm³/mol. The van der Waals surface area contributed by atoms with E-state index in [9.17, 15) is 14.4 Å². The van der Waals surface area contributed by atoms with Crippen molar-refractivity contribution in [1.29, 1.82) is 0 Å². The number of nitrogens with two attached hydrogens (primary N) is 1. The highest BCUT2D eigenvalue weighted by molar-refractivity contribution is 5.87. The van der Waals surface area contributed by atoms with E-state index in [1.807, 2.05) is 0 Å². The fourth-order valence-corrected chi connectivity index (χ4v) is 6.50. The van der Waals surface area contributed by atoms with Gasteiger partial charge in [-0.25, -0.2) is 4.79 Å². The van der Waals surface area contributed by atoms with E-state index in [2.05, 4.69) is 10.6 Å². The van der Waals surface area contributed by atoms with Gasteiger partial charge in [-0.1, -0.05) is 0 Å². The van der Waals surface area contributed by atoms with Crippen LogP contribution in [0.25, 0.3) is 0 Å². The van der Waals surface area contributed by atoms with Crippen LogP contribution in [-0.2, 0) is 9.59 Å². The van der Waals surface area contributed by atoms with Crippen LogP contribution >= 0.6 is 0 Å². The summed E-state index contributed by atoms with van der Waals surface area (Å²) in [4.78, 5) is 38.0. The zero-order chi connectivity index (χ0) is 19.0. The molecular weight excluding hydrogens is 344 g/mol. The summed E-state index contributed by atoms with van der Waals surface area (Å²) in [6.45, 7) is 0.866. The molecular formula is C20H32N4O3. The van der Waals surface area contributed by atoms with E-state index in [1.54, 1.807) is 4.90 Å². The SMILES string of the molecule is NC(=O)C1CCCCN1C(=O)CCNC(=O)NC12CC3CC(CC(C3)C1)C2. The lowest BCUT2D eigenvalue weighted by atomic mass is 9.53. The second-order valence-electron chi connectivity index (χ2n) is 9.33. The lowest BCUT2D eigenvalue weighted by Gasteiger charge is -2.56. The average molecular weight is 377 g/mol. The molecule has 5 aliphatic rings. The van der Waals surface area contributed by atoms with E-state index >= 15 is 0 Å². The Morgan fingerprint density at radius 3 is 2.22 bits per heavy atom. The zero-order valence-corrected chi connectivity index (χ0v) is 16.0. The molecule has 150 valence electrons. The molecule has 1 saturated heterocycles. The number of nitrogens with one attached hydrogen (secondary N) is 2. The van der Waals surface area contributed by atoms with Gasteiger partial charge in [0.15, 0.2) is 0 Å². The molecule has 4 saturated carbocycles. The predicted octanol–water partition coefficient (Wildman–Crippen LogP) is 1.51. The smallest absolute Gasteiger partial charge is 0.315 e. The van der Waals surface area contributed by atoms with Crippen molar-refractivity contribution >= 4 is 17.8 Å². The van der Waals surface area contributed by atoms with Crippen molar-refractivity contribution in [3.63, 3.8) is 0 Å². The number of likely N-dealkylation sites (tertiary alicyclic amines) is 1. The van der Waals surface area contributed by atoms with Crippen LogP contribution in [0.3, 0.4) is 0 Å². The first-order valence-electron chi connectivity index (χ1n) is 10.6. The normalized spacial score (nSPS) is 37.1. The summed E-state index contributed by atoms with van der Waals surface area (Å²) < 4.78 is 0. The minimum atomic E-state index is -0.493. The topological polar surface area (TPSA) is 105 Å². The fraction of sp³-hybridized carbons (Fsp3) is 0.850. The van der Waals surface area contributed by atoms with Crippen molar-refractivity contribution in [3.05, 3.63) is 0 Å². The molecule has 5 rings (SSSR count). The van der Waals surface area contributed by atoms with Crippen molar-refractivity contribution < 1.29 is 14.4 Å². The van der Waals surface area contributed by atoms with Crippen molar-refractivity contribution in [2.24, 2.45) is 23.5 Å². The van der Waals surface area contributed by atoms with Crippen LogP contribution in [0, 0.1) is 17.8 Å². The molecule has 0 aromatic carbocycles. The summed E-state index contributed by atoms with van der Waals surface area (Å²) in [5.74, 6) is 1.80. The third kappa shape index (κ3) is 3.92. The molecule has 0 aromatic heterocycles. The minimum absolute atomic E-state index is 0.0211. The Labute approximate surface area is 160 Å². The molecule has 0 spiro atoms. The molecule has 0 radical (unpaired) electrons. The first kappa shape index (κ1) is 18.6.